The lowest BCUT2D eigenvalue weighted by Crippen LogP contribution is -2.19. The third kappa shape index (κ3) is 3.17. The van der Waals surface area contributed by atoms with Crippen molar-refractivity contribution < 1.29 is 4.74 Å². The zero-order chi connectivity index (χ0) is 14.5. The largest absolute Gasteiger partial charge is 0.356 e. The second-order valence-corrected chi connectivity index (χ2v) is 5.22. The van der Waals surface area contributed by atoms with Gasteiger partial charge in [-0.25, -0.2) is 4.68 Å². The Hall–Kier alpha value is -2.05. The summed E-state index contributed by atoms with van der Waals surface area (Å²) in [5, 5.41) is 4.46. The van der Waals surface area contributed by atoms with Crippen LogP contribution in [0.4, 0.5) is 0 Å². The minimum absolute atomic E-state index is 0.0640. The van der Waals surface area contributed by atoms with Crippen LogP contribution in [-0.2, 0) is 4.74 Å². The van der Waals surface area contributed by atoms with Crippen molar-refractivity contribution in [1.29, 1.82) is 0 Å². The quantitative estimate of drug-likeness (QED) is 0.777. The Bertz CT molecular complexity index is 657. The van der Waals surface area contributed by atoms with E-state index in [9.17, 15) is 0 Å². The summed E-state index contributed by atoms with van der Waals surface area (Å²) < 4.78 is 7.86. The van der Waals surface area contributed by atoms with Crippen molar-refractivity contribution in [3.8, 4) is 23.1 Å². The van der Waals surface area contributed by atoms with Crippen LogP contribution in [0.5, 0.6) is 0 Å². The first-order valence-corrected chi connectivity index (χ1v) is 7.63. The lowest BCUT2D eigenvalue weighted by Gasteiger charge is -2.24. The third-order valence-electron chi connectivity index (χ3n) is 3.67. The van der Waals surface area contributed by atoms with E-state index in [1.54, 1.807) is 0 Å². The van der Waals surface area contributed by atoms with Crippen molar-refractivity contribution in [2.45, 2.75) is 38.8 Å². The molecule has 21 heavy (non-hydrogen) atoms. The first-order valence-electron chi connectivity index (χ1n) is 7.63. The van der Waals surface area contributed by atoms with Gasteiger partial charge in [-0.05, 0) is 37.5 Å². The molecule has 2 aromatic rings. The van der Waals surface area contributed by atoms with Gasteiger partial charge < -0.3 is 4.74 Å². The second-order valence-electron chi connectivity index (χ2n) is 5.22. The van der Waals surface area contributed by atoms with Gasteiger partial charge in [-0.1, -0.05) is 30.9 Å². The van der Waals surface area contributed by atoms with E-state index in [-0.39, 0.29) is 6.23 Å². The monoisotopic (exact) mass is 280 g/mol. The van der Waals surface area contributed by atoms with Crippen LogP contribution in [0.15, 0.2) is 36.5 Å². The molecule has 1 aliphatic heterocycles. The summed E-state index contributed by atoms with van der Waals surface area (Å²) >= 11 is 0. The predicted octanol–water partition coefficient (Wildman–Crippen LogP) is 4.01. The summed E-state index contributed by atoms with van der Waals surface area (Å²) in [6.07, 6.45) is 6.16. The van der Waals surface area contributed by atoms with Crippen molar-refractivity contribution in [2.75, 3.05) is 6.61 Å². The van der Waals surface area contributed by atoms with Gasteiger partial charge in [0, 0.05) is 30.4 Å². The first-order chi connectivity index (χ1) is 10.4. The topological polar surface area (TPSA) is 27.1 Å². The number of benzene rings is 1. The molecule has 0 aliphatic carbocycles. The molecule has 0 spiro atoms. The standard InChI is InChI=1S/C18H20N2O/c1-2-3-7-15-8-6-9-16(14-15)17-11-12-19-20(17)18-10-4-5-13-21-18/h6,8-9,11-12,14,18H,2,4-5,10,13H2,1H3. The number of ether oxygens (including phenoxy) is 1. The average molecular weight is 280 g/mol. The summed E-state index contributed by atoms with van der Waals surface area (Å²) in [5.74, 6) is 6.30. The van der Waals surface area contributed by atoms with Crippen molar-refractivity contribution >= 4 is 0 Å². The highest BCUT2D eigenvalue weighted by Gasteiger charge is 2.19. The smallest absolute Gasteiger partial charge is 0.150 e. The van der Waals surface area contributed by atoms with E-state index >= 15 is 0 Å². The number of hydrogen-bond acceptors (Lipinski definition) is 2. The van der Waals surface area contributed by atoms with E-state index < -0.39 is 0 Å². The number of hydrogen-bond donors (Lipinski definition) is 0. The molecule has 0 saturated carbocycles. The van der Waals surface area contributed by atoms with Crippen LogP contribution >= 0.6 is 0 Å². The van der Waals surface area contributed by atoms with Crippen molar-refractivity contribution in [1.82, 2.24) is 9.78 Å². The van der Waals surface area contributed by atoms with Gasteiger partial charge in [0.25, 0.3) is 0 Å². The van der Waals surface area contributed by atoms with Crippen LogP contribution in [-0.4, -0.2) is 16.4 Å². The molecule has 1 aromatic carbocycles. The van der Waals surface area contributed by atoms with Gasteiger partial charge in [0.05, 0.1) is 5.69 Å². The van der Waals surface area contributed by atoms with Gasteiger partial charge in [-0.3, -0.25) is 0 Å². The summed E-state index contributed by atoms with van der Waals surface area (Å²) in [6.45, 7) is 2.89. The highest BCUT2D eigenvalue weighted by molar-refractivity contribution is 5.62. The van der Waals surface area contributed by atoms with Crippen LogP contribution in [0.1, 0.15) is 44.4 Å². The van der Waals surface area contributed by atoms with Gasteiger partial charge >= 0.3 is 0 Å². The van der Waals surface area contributed by atoms with Crippen LogP contribution in [0.25, 0.3) is 11.3 Å². The lowest BCUT2D eigenvalue weighted by molar-refractivity contribution is -0.0383. The Morgan fingerprint density at radius 3 is 3.10 bits per heavy atom. The highest BCUT2D eigenvalue weighted by Crippen LogP contribution is 2.28. The summed E-state index contributed by atoms with van der Waals surface area (Å²) in [6, 6.07) is 10.4. The molecule has 1 saturated heterocycles. The van der Waals surface area contributed by atoms with Crippen LogP contribution in [0.3, 0.4) is 0 Å². The zero-order valence-corrected chi connectivity index (χ0v) is 12.4. The van der Waals surface area contributed by atoms with Gasteiger partial charge in [-0.15, -0.1) is 0 Å². The molecule has 0 radical (unpaired) electrons. The van der Waals surface area contributed by atoms with Crippen molar-refractivity contribution in [3.63, 3.8) is 0 Å². The van der Waals surface area contributed by atoms with Gasteiger partial charge in [0.15, 0.2) is 6.23 Å². The lowest BCUT2D eigenvalue weighted by atomic mass is 10.1. The minimum Gasteiger partial charge on any atom is -0.356 e. The van der Waals surface area contributed by atoms with E-state index in [0.29, 0.717) is 0 Å². The second kappa shape index (κ2) is 6.60. The number of aromatic nitrogens is 2. The van der Waals surface area contributed by atoms with Gasteiger partial charge in [0.2, 0.25) is 0 Å². The molecule has 1 aliphatic rings. The van der Waals surface area contributed by atoms with E-state index in [1.165, 1.54) is 6.42 Å². The predicted molar refractivity (Wildman–Crippen MR) is 83.7 cm³/mol. The van der Waals surface area contributed by atoms with Crippen LogP contribution in [0.2, 0.25) is 0 Å². The van der Waals surface area contributed by atoms with E-state index in [1.807, 2.05) is 29.1 Å². The van der Waals surface area contributed by atoms with E-state index in [0.717, 1.165) is 42.7 Å². The Labute approximate surface area is 125 Å². The highest BCUT2D eigenvalue weighted by atomic mass is 16.5. The maximum atomic E-state index is 5.85. The Morgan fingerprint density at radius 2 is 2.29 bits per heavy atom. The molecule has 1 fully saturated rings. The van der Waals surface area contributed by atoms with Gasteiger partial charge in [-0.2, -0.15) is 5.10 Å². The van der Waals surface area contributed by atoms with Crippen molar-refractivity contribution in [2.24, 2.45) is 0 Å². The molecule has 0 amide bonds. The normalized spacial score (nSPS) is 18.0. The van der Waals surface area contributed by atoms with E-state index in [2.05, 4.69) is 36.0 Å². The molecule has 1 aromatic heterocycles. The SMILES string of the molecule is CCC#Cc1cccc(-c2ccnn2C2CCCCO2)c1. The fourth-order valence-electron chi connectivity index (χ4n) is 2.64. The molecule has 1 unspecified atom stereocenters. The zero-order valence-electron chi connectivity index (χ0n) is 12.4. The summed E-state index contributed by atoms with van der Waals surface area (Å²) in [7, 11) is 0. The Balaban J connectivity index is 1.92. The average Bonchev–Trinajstić information content (AvgIpc) is 3.04. The maximum Gasteiger partial charge on any atom is 0.150 e. The Morgan fingerprint density at radius 1 is 1.33 bits per heavy atom. The van der Waals surface area contributed by atoms with Crippen molar-refractivity contribution in [3.05, 3.63) is 42.1 Å². The minimum atomic E-state index is 0.0640. The fourth-order valence-corrected chi connectivity index (χ4v) is 2.64. The molecule has 3 heteroatoms. The molecule has 108 valence electrons. The third-order valence-corrected chi connectivity index (χ3v) is 3.67. The van der Waals surface area contributed by atoms with Crippen LogP contribution < -0.4 is 0 Å². The molecule has 3 nitrogen and oxygen atoms in total. The number of rotatable bonds is 2. The molecule has 1 atom stereocenters. The summed E-state index contributed by atoms with van der Waals surface area (Å²) in [5.41, 5.74) is 3.29. The maximum absolute atomic E-state index is 5.85. The molecular formula is C18H20N2O. The Kier molecular flexibility index (Phi) is 4.37. The molecule has 3 rings (SSSR count). The molecular weight excluding hydrogens is 260 g/mol. The summed E-state index contributed by atoms with van der Waals surface area (Å²) in [4.78, 5) is 0. The molecule has 2 heterocycles. The van der Waals surface area contributed by atoms with Crippen LogP contribution in [0, 0.1) is 11.8 Å². The fraction of sp³-hybridized carbons (Fsp3) is 0.389. The number of nitrogens with zero attached hydrogens (tertiary/aromatic N) is 2. The molecule has 0 bridgehead atoms. The molecule has 0 N–H and O–H groups in total. The van der Waals surface area contributed by atoms with Gasteiger partial charge in [0.1, 0.15) is 0 Å². The first kappa shape index (κ1) is 13.9. The van der Waals surface area contributed by atoms with E-state index in [4.69, 9.17) is 4.74 Å².